The van der Waals surface area contributed by atoms with Gasteiger partial charge in [0.1, 0.15) is 0 Å². The lowest BCUT2D eigenvalue weighted by molar-refractivity contribution is -0.159. The van der Waals surface area contributed by atoms with Crippen molar-refractivity contribution < 1.29 is 29.3 Å². The lowest BCUT2D eigenvalue weighted by Gasteiger charge is -2.31. The molecule has 1 atom stereocenters. The van der Waals surface area contributed by atoms with Gasteiger partial charge in [-0.3, -0.25) is 9.69 Å². The van der Waals surface area contributed by atoms with Gasteiger partial charge in [0.2, 0.25) is 5.91 Å². The Balaban J connectivity index is 0.000000438. The maximum absolute atomic E-state index is 12.3. The Hall–Kier alpha value is -2.16. The van der Waals surface area contributed by atoms with E-state index in [0.717, 1.165) is 56.9 Å². The number of carbonyl (C=O) groups excluding carboxylic acids is 1. The van der Waals surface area contributed by atoms with Gasteiger partial charge in [0.25, 0.3) is 0 Å². The number of benzene rings is 1. The van der Waals surface area contributed by atoms with Crippen LogP contribution in [0.25, 0.3) is 0 Å². The van der Waals surface area contributed by atoms with E-state index in [2.05, 4.69) is 22.3 Å². The van der Waals surface area contributed by atoms with Crippen LogP contribution in [0.5, 0.6) is 0 Å². The number of likely N-dealkylation sites (tertiary alicyclic amines) is 1. The summed E-state index contributed by atoms with van der Waals surface area (Å²) in [6, 6.07) is 8.01. The zero-order valence-electron chi connectivity index (χ0n) is 16.2. The van der Waals surface area contributed by atoms with Crippen LogP contribution in [0.3, 0.4) is 0 Å². The molecule has 1 aromatic rings. The van der Waals surface area contributed by atoms with E-state index in [0.29, 0.717) is 6.54 Å². The Bertz CT molecular complexity index is 671. The number of piperidine rings is 1. The number of aliphatic carboxylic acids is 2. The molecule has 0 saturated carbocycles. The Kier molecular flexibility index (Phi) is 9.37. The van der Waals surface area contributed by atoms with E-state index >= 15 is 0 Å². The number of hydrogen-bond donors (Lipinski definition) is 3. The van der Waals surface area contributed by atoms with E-state index in [-0.39, 0.29) is 17.9 Å². The number of halogens is 1. The molecule has 2 saturated heterocycles. The molecular weight excluding hydrogens is 400 g/mol. The summed E-state index contributed by atoms with van der Waals surface area (Å²) in [7, 11) is 0. The SMILES string of the molecule is O=C(NCC1CCCO1)C1CCN(Cc2ccc(Cl)cc2)CC1.O=C(O)C(=O)O. The van der Waals surface area contributed by atoms with Crippen LogP contribution in [-0.2, 0) is 25.7 Å². The van der Waals surface area contributed by atoms with Gasteiger partial charge in [-0.05, 0) is 56.5 Å². The highest BCUT2D eigenvalue weighted by Gasteiger charge is 2.26. The van der Waals surface area contributed by atoms with Crippen molar-refractivity contribution in [2.24, 2.45) is 5.92 Å². The van der Waals surface area contributed by atoms with Crippen LogP contribution in [0.2, 0.25) is 5.02 Å². The fraction of sp³-hybridized carbons (Fsp3) is 0.550. The summed E-state index contributed by atoms with van der Waals surface area (Å²) in [6.07, 6.45) is 4.28. The highest BCUT2D eigenvalue weighted by atomic mass is 35.5. The average Bonchev–Trinajstić information content (AvgIpc) is 3.22. The predicted octanol–water partition coefficient (Wildman–Crippen LogP) is 2.00. The molecule has 29 heavy (non-hydrogen) atoms. The number of carboxylic acids is 2. The van der Waals surface area contributed by atoms with Gasteiger partial charge in [-0.2, -0.15) is 0 Å². The summed E-state index contributed by atoms with van der Waals surface area (Å²) in [5.41, 5.74) is 1.27. The minimum Gasteiger partial charge on any atom is -0.473 e. The molecule has 8 nitrogen and oxygen atoms in total. The highest BCUT2D eigenvalue weighted by molar-refractivity contribution is 6.30. The maximum Gasteiger partial charge on any atom is 0.414 e. The smallest absolute Gasteiger partial charge is 0.414 e. The predicted molar refractivity (Wildman–Crippen MR) is 107 cm³/mol. The topological polar surface area (TPSA) is 116 Å². The number of carbonyl (C=O) groups is 3. The third-order valence-electron chi connectivity index (χ3n) is 4.99. The molecule has 0 aliphatic carbocycles. The van der Waals surface area contributed by atoms with Crippen molar-refractivity contribution in [2.75, 3.05) is 26.2 Å². The first-order valence-electron chi connectivity index (χ1n) is 9.67. The molecule has 3 N–H and O–H groups in total. The number of amides is 1. The van der Waals surface area contributed by atoms with Crippen molar-refractivity contribution in [3.63, 3.8) is 0 Å². The number of ether oxygens (including phenoxy) is 1. The molecule has 2 aliphatic rings. The molecule has 0 radical (unpaired) electrons. The van der Waals surface area contributed by atoms with E-state index in [1.807, 2.05) is 12.1 Å². The van der Waals surface area contributed by atoms with Gasteiger partial charge in [0, 0.05) is 30.6 Å². The van der Waals surface area contributed by atoms with Crippen LogP contribution in [0.15, 0.2) is 24.3 Å². The molecule has 2 heterocycles. The summed E-state index contributed by atoms with van der Waals surface area (Å²) >= 11 is 5.92. The Labute approximate surface area is 174 Å². The van der Waals surface area contributed by atoms with Crippen LogP contribution in [0.4, 0.5) is 0 Å². The molecule has 2 fully saturated rings. The molecule has 3 rings (SSSR count). The Morgan fingerprint density at radius 1 is 1.07 bits per heavy atom. The molecule has 0 aromatic heterocycles. The summed E-state index contributed by atoms with van der Waals surface area (Å²) in [5.74, 6) is -3.30. The highest BCUT2D eigenvalue weighted by Crippen LogP contribution is 2.20. The average molecular weight is 427 g/mol. The first-order chi connectivity index (χ1) is 13.8. The number of rotatable bonds is 5. The van der Waals surface area contributed by atoms with Crippen molar-refractivity contribution >= 4 is 29.4 Å². The Morgan fingerprint density at radius 2 is 1.69 bits per heavy atom. The quantitative estimate of drug-likeness (QED) is 0.616. The van der Waals surface area contributed by atoms with Crippen LogP contribution < -0.4 is 5.32 Å². The summed E-state index contributed by atoms with van der Waals surface area (Å²) < 4.78 is 5.55. The van der Waals surface area contributed by atoms with Gasteiger partial charge in [0.15, 0.2) is 0 Å². The van der Waals surface area contributed by atoms with Crippen molar-refractivity contribution in [1.29, 1.82) is 0 Å². The second-order valence-corrected chi connectivity index (χ2v) is 7.60. The normalized spacial score (nSPS) is 19.8. The van der Waals surface area contributed by atoms with Gasteiger partial charge in [-0.1, -0.05) is 23.7 Å². The summed E-state index contributed by atoms with van der Waals surface area (Å²) in [5, 5.41) is 18.6. The number of nitrogens with one attached hydrogen (secondary N) is 1. The molecule has 1 aromatic carbocycles. The fourth-order valence-electron chi connectivity index (χ4n) is 3.37. The van der Waals surface area contributed by atoms with Gasteiger partial charge in [-0.25, -0.2) is 9.59 Å². The number of carboxylic acid groups (broad SMARTS) is 2. The van der Waals surface area contributed by atoms with E-state index in [9.17, 15) is 4.79 Å². The van der Waals surface area contributed by atoms with Crippen molar-refractivity contribution in [1.82, 2.24) is 10.2 Å². The van der Waals surface area contributed by atoms with E-state index < -0.39 is 11.9 Å². The molecule has 9 heteroatoms. The zero-order chi connectivity index (χ0) is 21.2. The van der Waals surface area contributed by atoms with Gasteiger partial charge in [0.05, 0.1) is 6.10 Å². The van der Waals surface area contributed by atoms with Crippen LogP contribution in [-0.4, -0.2) is 65.3 Å². The fourth-order valence-corrected chi connectivity index (χ4v) is 3.49. The standard InChI is InChI=1S/C18H25ClN2O2.C2H2O4/c19-16-5-3-14(4-6-16)13-21-9-7-15(8-10-21)18(22)20-12-17-2-1-11-23-17;3-1(4)2(5)6/h3-6,15,17H,1-2,7-13H2,(H,20,22);(H,3,4)(H,5,6). The van der Waals surface area contributed by atoms with Crippen molar-refractivity contribution in [3.8, 4) is 0 Å². The van der Waals surface area contributed by atoms with Crippen LogP contribution in [0, 0.1) is 5.92 Å². The third-order valence-corrected chi connectivity index (χ3v) is 5.24. The Morgan fingerprint density at radius 3 is 2.21 bits per heavy atom. The van der Waals surface area contributed by atoms with E-state index in [1.54, 1.807) is 0 Å². The first-order valence-corrected chi connectivity index (χ1v) is 10.0. The summed E-state index contributed by atoms with van der Waals surface area (Å²) in [4.78, 5) is 32.9. The molecule has 2 aliphatic heterocycles. The minimum absolute atomic E-state index is 0.151. The molecule has 160 valence electrons. The lowest BCUT2D eigenvalue weighted by Crippen LogP contribution is -2.42. The second-order valence-electron chi connectivity index (χ2n) is 7.17. The molecular formula is C20H27ClN2O6. The number of nitrogens with zero attached hydrogens (tertiary/aromatic N) is 1. The maximum atomic E-state index is 12.3. The van der Waals surface area contributed by atoms with E-state index in [1.165, 1.54) is 5.56 Å². The van der Waals surface area contributed by atoms with E-state index in [4.69, 9.17) is 36.1 Å². The monoisotopic (exact) mass is 426 g/mol. The largest absolute Gasteiger partial charge is 0.473 e. The molecule has 1 unspecified atom stereocenters. The second kappa shape index (κ2) is 11.7. The van der Waals surface area contributed by atoms with Crippen LogP contribution in [0.1, 0.15) is 31.2 Å². The minimum atomic E-state index is -1.82. The van der Waals surface area contributed by atoms with Gasteiger partial charge >= 0.3 is 11.9 Å². The van der Waals surface area contributed by atoms with Crippen molar-refractivity contribution in [3.05, 3.63) is 34.9 Å². The van der Waals surface area contributed by atoms with Gasteiger partial charge in [-0.15, -0.1) is 0 Å². The van der Waals surface area contributed by atoms with Crippen molar-refractivity contribution in [2.45, 2.75) is 38.3 Å². The van der Waals surface area contributed by atoms with Crippen LogP contribution >= 0.6 is 11.6 Å². The molecule has 1 amide bonds. The molecule has 0 bridgehead atoms. The first kappa shape index (κ1) is 23.1. The summed E-state index contributed by atoms with van der Waals surface area (Å²) in [6.45, 7) is 4.39. The number of hydrogen-bond acceptors (Lipinski definition) is 5. The zero-order valence-corrected chi connectivity index (χ0v) is 16.9. The van der Waals surface area contributed by atoms with Gasteiger partial charge < -0.3 is 20.3 Å². The third kappa shape index (κ3) is 8.39. The lowest BCUT2D eigenvalue weighted by atomic mass is 9.95. The molecule has 0 spiro atoms.